The molecule has 0 radical (unpaired) electrons. The molecule has 1 atom stereocenters. The number of carbonyl (C=O) groups excluding carboxylic acids is 2. The lowest BCUT2D eigenvalue weighted by molar-refractivity contribution is -0.140. The van der Waals surface area contributed by atoms with E-state index in [0.717, 1.165) is 49.9 Å². The van der Waals surface area contributed by atoms with Crippen LogP contribution in [0.4, 0.5) is 10.2 Å². The van der Waals surface area contributed by atoms with Gasteiger partial charge in [-0.1, -0.05) is 25.5 Å². The number of amides is 1. The third-order valence-corrected chi connectivity index (χ3v) is 7.22. The molecule has 1 saturated carbocycles. The molecule has 2 fully saturated rings. The van der Waals surface area contributed by atoms with Crippen LogP contribution in [-0.4, -0.2) is 52.2 Å². The SMILES string of the molecule is [C-]#[N+]c1ccc(C(=O)Cc2cc(F)cc(CN3CCN(C(=O)C4CCCC4)[C@@H](C)C3)c2C)cn1. The smallest absolute Gasteiger partial charge is 0.269 e. The van der Waals surface area contributed by atoms with Crippen LogP contribution in [0.15, 0.2) is 30.5 Å². The zero-order valence-electron chi connectivity index (χ0n) is 19.9. The number of rotatable bonds is 6. The zero-order chi connectivity index (χ0) is 24.2. The summed E-state index contributed by atoms with van der Waals surface area (Å²) < 4.78 is 14.5. The van der Waals surface area contributed by atoms with Gasteiger partial charge in [0.25, 0.3) is 5.82 Å². The van der Waals surface area contributed by atoms with Gasteiger partial charge in [-0.05, 0) is 61.6 Å². The van der Waals surface area contributed by atoms with Crippen molar-refractivity contribution in [2.45, 2.75) is 58.5 Å². The van der Waals surface area contributed by atoms with Crippen LogP contribution in [0, 0.1) is 25.2 Å². The lowest BCUT2D eigenvalue weighted by Gasteiger charge is -2.41. The number of benzene rings is 1. The van der Waals surface area contributed by atoms with Crippen LogP contribution < -0.4 is 0 Å². The number of aromatic nitrogens is 1. The maximum absolute atomic E-state index is 14.5. The summed E-state index contributed by atoms with van der Waals surface area (Å²) in [4.78, 5) is 37.1. The van der Waals surface area contributed by atoms with Crippen LogP contribution in [0.2, 0.25) is 0 Å². The predicted molar refractivity (Wildman–Crippen MR) is 128 cm³/mol. The Kier molecular flexibility index (Phi) is 7.38. The zero-order valence-corrected chi connectivity index (χ0v) is 19.9. The molecular formula is C27H31FN4O2. The molecule has 1 aliphatic carbocycles. The van der Waals surface area contributed by atoms with Crippen molar-refractivity contribution in [1.82, 2.24) is 14.8 Å². The number of nitrogens with zero attached hydrogens (tertiary/aromatic N) is 4. The van der Waals surface area contributed by atoms with Crippen LogP contribution in [-0.2, 0) is 17.8 Å². The largest absolute Gasteiger partial charge is 0.361 e. The molecule has 0 N–H and O–H groups in total. The molecule has 1 aliphatic heterocycles. The monoisotopic (exact) mass is 462 g/mol. The molecule has 1 aromatic carbocycles. The maximum atomic E-state index is 14.5. The summed E-state index contributed by atoms with van der Waals surface area (Å²) in [6, 6.07) is 6.21. The van der Waals surface area contributed by atoms with Crippen LogP contribution >= 0.6 is 0 Å². The van der Waals surface area contributed by atoms with Crippen molar-refractivity contribution in [3.8, 4) is 0 Å². The lowest BCUT2D eigenvalue weighted by atomic mass is 9.95. The van der Waals surface area contributed by atoms with Gasteiger partial charge in [-0.15, -0.1) is 4.98 Å². The Labute approximate surface area is 200 Å². The fourth-order valence-electron chi connectivity index (χ4n) is 5.19. The average Bonchev–Trinajstić information content (AvgIpc) is 3.37. The van der Waals surface area contributed by atoms with Gasteiger partial charge in [-0.2, -0.15) is 0 Å². The molecule has 1 saturated heterocycles. The van der Waals surface area contributed by atoms with E-state index in [1.165, 1.54) is 18.3 Å². The number of ketones is 1. The second-order valence-electron chi connectivity index (χ2n) is 9.56. The first-order valence-electron chi connectivity index (χ1n) is 12.0. The number of hydrogen-bond donors (Lipinski definition) is 0. The van der Waals surface area contributed by atoms with E-state index in [1.54, 1.807) is 12.1 Å². The van der Waals surface area contributed by atoms with E-state index >= 15 is 0 Å². The highest BCUT2D eigenvalue weighted by atomic mass is 19.1. The highest BCUT2D eigenvalue weighted by Crippen LogP contribution is 2.28. The van der Waals surface area contributed by atoms with Gasteiger partial charge in [-0.25, -0.2) is 4.39 Å². The fraction of sp³-hybridized carbons (Fsp3) is 0.481. The topological polar surface area (TPSA) is 57.9 Å². The van der Waals surface area contributed by atoms with Crippen molar-refractivity contribution in [3.63, 3.8) is 0 Å². The van der Waals surface area contributed by atoms with Crippen molar-refractivity contribution in [2.75, 3.05) is 19.6 Å². The van der Waals surface area contributed by atoms with Gasteiger partial charge < -0.3 is 9.74 Å². The molecule has 1 amide bonds. The van der Waals surface area contributed by atoms with Gasteiger partial charge in [0.2, 0.25) is 5.91 Å². The van der Waals surface area contributed by atoms with Crippen molar-refractivity contribution in [3.05, 3.63) is 70.0 Å². The molecule has 178 valence electrons. The maximum Gasteiger partial charge on any atom is 0.269 e. The standard InChI is InChI=1S/C27H31FN4O2/c1-18-16-31(10-11-32(18)27(34)20-6-4-5-7-20)17-23-13-24(28)12-22(19(23)2)14-25(33)21-8-9-26(29-3)30-15-21/h8-9,12-13,15,18,20H,4-7,10-11,14,16-17H2,1-2H3/t18-/m0/s1. The second-order valence-corrected chi connectivity index (χ2v) is 9.56. The molecule has 6 nitrogen and oxygen atoms in total. The molecular weight excluding hydrogens is 431 g/mol. The van der Waals surface area contributed by atoms with E-state index < -0.39 is 0 Å². The first kappa shape index (κ1) is 24.0. The van der Waals surface area contributed by atoms with Gasteiger partial charge in [0.05, 0.1) is 5.56 Å². The Morgan fingerprint density at radius 1 is 1.18 bits per heavy atom. The third kappa shape index (κ3) is 5.34. The number of piperazine rings is 1. The van der Waals surface area contributed by atoms with Gasteiger partial charge in [0.15, 0.2) is 5.78 Å². The van der Waals surface area contributed by atoms with Crippen LogP contribution in [0.5, 0.6) is 0 Å². The van der Waals surface area contributed by atoms with E-state index in [4.69, 9.17) is 6.57 Å². The summed E-state index contributed by atoms with van der Waals surface area (Å²) in [6.45, 7) is 13.8. The molecule has 0 bridgehead atoms. The van der Waals surface area contributed by atoms with E-state index in [9.17, 15) is 14.0 Å². The molecule has 7 heteroatoms. The Morgan fingerprint density at radius 3 is 2.56 bits per heavy atom. The Balaban J connectivity index is 1.42. The summed E-state index contributed by atoms with van der Waals surface area (Å²) in [5.74, 6) is 0.211. The minimum Gasteiger partial charge on any atom is -0.361 e. The molecule has 2 heterocycles. The van der Waals surface area contributed by atoms with Gasteiger partial charge >= 0.3 is 0 Å². The van der Waals surface area contributed by atoms with E-state index in [1.807, 2.05) is 11.8 Å². The van der Waals surface area contributed by atoms with Crippen LogP contribution in [0.1, 0.15) is 59.7 Å². The molecule has 0 unspecified atom stereocenters. The first-order chi connectivity index (χ1) is 16.4. The summed E-state index contributed by atoms with van der Waals surface area (Å²) in [5, 5.41) is 0. The summed E-state index contributed by atoms with van der Waals surface area (Å²) in [6.07, 6.45) is 5.80. The minimum atomic E-state index is -0.354. The summed E-state index contributed by atoms with van der Waals surface area (Å²) in [5.41, 5.74) is 2.86. The number of halogens is 1. The number of Topliss-reactive ketones (excluding diaryl/α,β-unsaturated/α-hetero) is 1. The Hall–Kier alpha value is -3.11. The Bertz CT molecular complexity index is 1100. The first-order valence-corrected chi connectivity index (χ1v) is 12.0. The molecule has 2 aliphatic rings. The predicted octanol–water partition coefficient (Wildman–Crippen LogP) is 4.73. The van der Waals surface area contributed by atoms with Crippen molar-refractivity contribution in [2.24, 2.45) is 5.92 Å². The van der Waals surface area contributed by atoms with Gasteiger partial charge in [0.1, 0.15) is 12.0 Å². The van der Waals surface area contributed by atoms with Crippen molar-refractivity contribution >= 4 is 17.5 Å². The van der Waals surface area contributed by atoms with E-state index in [2.05, 4.69) is 21.7 Å². The Morgan fingerprint density at radius 2 is 1.91 bits per heavy atom. The number of hydrogen-bond acceptors (Lipinski definition) is 4. The highest BCUT2D eigenvalue weighted by molar-refractivity contribution is 5.97. The molecule has 34 heavy (non-hydrogen) atoms. The van der Waals surface area contributed by atoms with Crippen molar-refractivity contribution < 1.29 is 14.0 Å². The summed E-state index contributed by atoms with van der Waals surface area (Å²) in [7, 11) is 0. The molecule has 1 aromatic heterocycles. The lowest BCUT2D eigenvalue weighted by Crippen LogP contribution is -2.54. The number of pyridine rings is 1. The highest BCUT2D eigenvalue weighted by Gasteiger charge is 2.33. The van der Waals surface area contributed by atoms with Crippen LogP contribution in [0.25, 0.3) is 4.85 Å². The molecule has 0 spiro atoms. The second kappa shape index (κ2) is 10.4. The van der Waals surface area contributed by atoms with E-state index in [-0.39, 0.29) is 35.8 Å². The van der Waals surface area contributed by atoms with E-state index in [0.29, 0.717) is 30.1 Å². The van der Waals surface area contributed by atoms with Crippen molar-refractivity contribution in [1.29, 1.82) is 0 Å². The minimum absolute atomic E-state index is 0.0791. The third-order valence-electron chi connectivity index (χ3n) is 7.22. The number of carbonyl (C=O) groups is 2. The fourth-order valence-corrected chi connectivity index (χ4v) is 5.19. The summed E-state index contributed by atoms with van der Waals surface area (Å²) >= 11 is 0. The van der Waals surface area contributed by atoms with Crippen LogP contribution in [0.3, 0.4) is 0 Å². The van der Waals surface area contributed by atoms with Gasteiger partial charge in [-0.3, -0.25) is 14.5 Å². The quantitative estimate of drug-likeness (QED) is 0.460. The average molecular weight is 463 g/mol. The molecule has 4 rings (SSSR count). The van der Waals surface area contributed by atoms with Gasteiger partial charge in [0, 0.05) is 44.6 Å². The molecule has 2 aromatic rings. The normalized spacial score (nSPS) is 19.2.